The zero-order chi connectivity index (χ0) is 10.8. The number of aromatic nitrogens is 2. The number of anilines is 2. The fraction of sp³-hybridized carbons (Fsp3) is 0.556. The molecule has 5 nitrogen and oxygen atoms in total. The Morgan fingerprint density at radius 1 is 1.53 bits per heavy atom. The Morgan fingerprint density at radius 2 is 2.27 bits per heavy atom. The van der Waals surface area contributed by atoms with Crippen LogP contribution in [0.1, 0.15) is 12.8 Å². The van der Waals surface area contributed by atoms with E-state index in [-0.39, 0.29) is 5.15 Å². The summed E-state index contributed by atoms with van der Waals surface area (Å²) in [6.45, 7) is 0. The van der Waals surface area contributed by atoms with Crippen LogP contribution < -0.4 is 11.1 Å². The molecule has 0 aliphatic heterocycles. The molecule has 1 fully saturated rings. The van der Waals surface area contributed by atoms with Crippen molar-refractivity contribution in [3.63, 3.8) is 0 Å². The molecule has 1 aliphatic carbocycles. The highest BCUT2D eigenvalue weighted by Gasteiger charge is 2.29. The summed E-state index contributed by atoms with van der Waals surface area (Å²) in [7, 11) is 1.72. The predicted octanol–water partition coefficient (Wildman–Crippen LogP) is 1.30. The molecule has 82 valence electrons. The lowest BCUT2D eigenvalue weighted by molar-refractivity contribution is 0.0328. The summed E-state index contributed by atoms with van der Waals surface area (Å²) >= 11 is 5.77. The van der Waals surface area contributed by atoms with Crippen LogP contribution in [-0.4, -0.2) is 29.2 Å². The maximum Gasteiger partial charge on any atom is 0.157 e. The van der Waals surface area contributed by atoms with Gasteiger partial charge in [0.2, 0.25) is 0 Å². The van der Waals surface area contributed by atoms with Crippen molar-refractivity contribution in [1.82, 2.24) is 9.97 Å². The number of methoxy groups -OCH3 is 1. The molecule has 1 aliphatic rings. The van der Waals surface area contributed by atoms with Gasteiger partial charge in [-0.1, -0.05) is 11.6 Å². The van der Waals surface area contributed by atoms with Crippen molar-refractivity contribution in [2.24, 2.45) is 0 Å². The molecule has 0 bridgehead atoms. The second kappa shape index (κ2) is 4.20. The topological polar surface area (TPSA) is 73.1 Å². The summed E-state index contributed by atoms with van der Waals surface area (Å²) < 4.78 is 5.18. The van der Waals surface area contributed by atoms with Crippen LogP contribution in [-0.2, 0) is 4.74 Å². The minimum Gasteiger partial charge on any atom is -0.393 e. The lowest BCUT2D eigenvalue weighted by Gasteiger charge is -2.35. The van der Waals surface area contributed by atoms with Crippen LogP contribution >= 0.6 is 11.6 Å². The van der Waals surface area contributed by atoms with Gasteiger partial charge in [-0.2, -0.15) is 0 Å². The maximum absolute atomic E-state index is 5.77. The van der Waals surface area contributed by atoms with Gasteiger partial charge >= 0.3 is 0 Å². The standard InChI is InChI=1S/C9H13ClN4O/c1-15-6-2-5(3-6)14-9-7(11)8(10)12-4-13-9/h4-6H,2-3,11H2,1H3,(H,12,13,14). The Hall–Kier alpha value is -1.07. The fourth-order valence-electron chi connectivity index (χ4n) is 1.56. The number of hydrogen-bond acceptors (Lipinski definition) is 5. The van der Waals surface area contributed by atoms with Crippen molar-refractivity contribution in [1.29, 1.82) is 0 Å². The van der Waals surface area contributed by atoms with Crippen LogP contribution in [0.4, 0.5) is 11.5 Å². The molecule has 2 rings (SSSR count). The molecule has 6 heteroatoms. The molecule has 0 spiro atoms. The van der Waals surface area contributed by atoms with Crippen molar-refractivity contribution < 1.29 is 4.74 Å². The second-order valence-corrected chi connectivity index (χ2v) is 3.96. The molecule has 1 heterocycles. The molecule has 0 aromatic carbocycles. The molecule has 0 unspecified atom stereocenters. The third-order valence-electron chi connectivity index (χ3n) is 2.60. The summed E-state index contributed by atoms with van der Waals surface area (Å²) in [4.78, 5) is 7.83. The highest BCUT2D eigenvalue weighted by molar-refractivity contribution is 6.32. The maximum atomic E-state index is 5.77. The summed E-state index contributed by atoms with van der Waals surface area (Å²) in [5.41, 5.74) is 6.13. The van der Waals surface area contributed by atoms with E-state index in [9.17, 15) is 0 Å². The van der Waals surface area contributed by atoms with Crippen molar-refractivity contribution in [2.45, 2.75) is 25.0 Å². The van der Waals surface area contributed by atoms with Crippen molar-refractivity contribution in [2.75, 3.05) is 18.2 Å². The van der Waals surface area contributed by atoms with Gasteiger partial charge in [0, 0.05) is 13.2 Å². The van der Waals surface area contributed by atoms with E-state index in [2.05, 4.69) is 15.3 Å². The smallest absolute Gasteiger partial charge is 0.157 e. The molecule has 0 saturated heterocycles. The highest BCUT2D eigenvalue weighted by Crippen LogP contribution is 2.29. The van der Waals surface area contributed by atoms with Crippen molar-refractivity contribution >= 4 is 23.1 Å². The van der Waals surface area contributed by atoms with Crippen LogP contribution in [0.25, 0.3) is 0 Å². The van der Waals surface area contributed by atoms with E-state index < -0.39 is 0 Å². The predicted molar refractivity (Wildman–Crippen MR) is 58.9 cm³/mol. The number of nitrogens with zero attached hydrogens (tertiary/aromatic N) is 2. The molecule has 0 radical (unpaired) electrons. The third kappa shape index (κ3) is 2.13. The largest absolute Gasteiger partial charge is 0.393 e. The quantitative estimate of drug-likeness (QED) is 0.763. The number of nitrogens with one attached hydrogen (secondary N) is 1. The van der Waals surface area contributed by atoms with Crippen LogP contribution in [0.5, 0.6) is 0 Å². The molecule has 1 saturated carbocycles. The average molecular weight is 229 g/mol. The summed E-state index contributed by atoms with van der Waals surface area (Å²) in [6, 6.07) is 0.364. The van der Waals surface area contributed by atoms with E-state index in [1.165, 1.54) is 6.33 Å². The summed E-state index contributed by atoms with van der Waals surface area (Å²) in [5, 5.41) is 3.50. The molecule has 1 aromatic rings. The number of rotatable bonds is 3. The van der Waals surface area contributed by atoms with Crippen molar-refractivity contribution in [3.8, 4) is 0 Å². The van der Waals surface area contributed by atoms with E-state index in [4.69, 9.17) is 22.1 Å². The Bertz CT molecular complexity index is 354. The zero-order valence-corrected chi connectivity index (χ0v) is 9.16. The number of hydrogen-bond donors (Lipinski definition) is 2. The molecule has 1 aromatic heterocycles. The van der Waals surface area contributed by atoms with Crippen LogP contribution in [0.15, 0.2) is 6.33 Å². The average Bonchev–Trinajstić information content (AvgIpc) is 2.17. The molecule has 15 heavy (non-hydrogen) atoms. The number of nitrogens with two attached hydrogens (primary N) is 1. The summed E-state index contributed by atoms with van der Waals surface area (Å²) in [5.74, 6) is 0.606. The van der Waals surface area contributed by atoms with Gasteiger partial charge in [-0.25, -0.2) is 9.97 Å². The van der Waals surface area contributed by atoms with Gasteiger partial charge in [0.25, 0.3) is 0 Å². The molecule has 0 atom stereocenters. The minimum atomic E-state index is 0.287. The first-order valence-corrected chi connectivity index (χ1v) is 5.13. The van der Waals surface area contributed by atoms with Crippen molar-refractivity contribution in [3.05, 3.63) is 11.5 Å². The SMILES string of the molecule is COC1CC(Nc2ncnc(Cl)c2N)C1. The van der Waals surface area contributed by atoms with Crippen LogP contribution in [0.3, 0.4) is 0 Å². The zero-order valence-electron chi connectivity index (χ0n) is 8.40. The summed E-state index contributed by atoms with van der Waals surface area (Å²) in [6.07, 6.45) is 3.68. The first-order chi connectivity index (χ1) is 7.20. The monoisotopic (exact) mass is 228 g/mol. The van der Waals surface area contributed by atoms with Gasteiger partial charge < -0.3 is 15.8 Å². The van der Waals surface area contributed by atoms with Gasteiger partial charge in [0.15, 0.2) is 11.0 Å². The van der Waals surface area contributed by atoms with E-state index in [1.807, 2.05) is 0 Å². The number of ether oxygens (including phenoxy) is 1. The minimum absolute atomic E-state index is 0.287. The van der Waals surface area contributed by atoms with Gasteiger partial charge in [0.05, 0.1) is 6.10 Å². The van der Waals surface area contributed by atoms with E-state index in [1.54, 1.807) is 7.11 Å². The van der Waals surface area contributed by atoms with Crippen LogP contribution in [0, 0.1) is 0 Å². The van der Waals surface area contributed by atoms with E-state index >= 15 is 0 Å². The van der Waals surface area contributed by atoms with Crippen LogP contribution in [0.2, 0.25) is 5.15 Å². The Balaban J connectivity index is 1.97. The van der Waals surface area contributed by atoms with E-state index in [0.29, 0.717) is 23.7 Å². The van der Waals surface area contributed by atoms with Gasteiger partial charge in [-0.05, 0) is 12.8 Å². The molecule has 3 N–H and O–H groups in total. The third-order valence-corrected chi connectivity index (χ3v) is 2.91. The molecular formula is C9H13ClN4O. The lowest BCUT2D eigenvalue weighted by atomic mass is 9.89. The second-order valence-electron chi connectivity index (χ2n) is 3.60. The van der Waals surface area contributed by atoms with E-state index in [0.717, 1.165) is 12.8 Å². The number of halogens is 1. The normalized spacial score (nSPS) is 24.7. The fourth-order valence-corrected chi connectivity index (χ4v) is 1.69. The van der Waals surface area contributed by atoms with Gasteiger partial charge in [-0.3, -0.25) is 0 Å². The highest BCUT2D eigenvalue weighted by atomic mass is 35.5. The lowest BCUT2D eigenvalue weighted by Crippen LogP contribution is -2.40. The Kier molecular flexibility index (Phi) is 2.93. The van der Waals surface area contributed by atoms with Gasteiger partial charge in [-0.15, -0.1) is 0 Å². The first-order valence-electron chi connectivity index (χ1n) is 4.76. The molecular weight excluding hydrogens is 216 g/mol. The van der Waals surface area contributed by atoms with Gasteiger partial charge in [0.1, 0.15) is 12.0 Å². The first kappa shape index (κ1) is 10.4. The molecule has 0 amide bonds. The Morgan fingerprint density at radius 3 is 2.93 bits per heavy atom. The Labute approximate surface area is 93.0 Å². The number of nitrogen functional groups attached to an aromatic ring is 1.